The smallest absolute Gasteiger partial charge is 0.293 e. The number of hydrogen-bond donors (Lipinski definition) is 3. The molecule has 0 atom stereocenters. The van der Waals surface area contributed by atoms with Gasteiger partial charge in [0.05, 0.1) is 4.92 Å². The minimum absolute atomic E-state index is 0.0741. The summed E-state index contributed by atoms with van der Waals surface area (Å²) in [6, 6.07) is 3.98. The van der Waals surface area contributed by atoms with Crippen molar-refractivity contribution in [3.63, 3.8) is 0 Å². The van der Waals surface area contributed by atoms with Crippen LogP contribution in [-0.4, -0.2) is 29.3 Å². The largest absolute Gasteiger partial charge is 0.383 e. The van der Waals surface area contributed by atoms with Crippen molar-refractivity contribution in [2.75, 3.05) is 12.4 Å². The molecule has 0 saturated heterocycles. The summed E-state index contributed by atoms with van der Waals surface area (Å²) in [5, 5.41) is 16.0. The molecule has 1 aromatic rings. The van der Waals surface area contributed by atoms with Gasteiger partial charge >= 0.3 is 0 Å². The Labute approximate surface area is 115 Å². The maximum atomic E-state index is 12.0. The number of benzene rings is 1. The fourth-order valence-corrected chi connectivity index (χ4v) is 1.45. The maximum Gasteiger partial charge on any atom is 0.293 e. The highest BCUT2D eigenvalue weighted by atomic mass is 16.6. The fraction of sp³-hybridized carbons (Fsp3) is 0.333. The first-order valence-corrected chi connectivity index (χ1v) is 5.77. The van der Waals surface area contributed by atoms with Gasteiger partial charge in [-0.3, -0.25) is 19.7 Å². The van der Waals surface area contributed by atoms with Crippen molar-refractivity contribution in [1.29, 1.82) is 0 Å². The van der Waals surface area contributed by atoms with E-state index in [9.17, 15) is 19.7 Å². The Morgan fingerprint density at radius 1 is 1.35 bits per heavy atom. The van der Waals surface area contributed by atoms with E-state index in [1.807, 2.05) is 0 Å². The zero-order chi connectivity index (χ0) is 15.5. The van der Waals surface area contributed by atoms with Gasteiger partial charge in [-0.05, 0) is 26.0 Å². The predicted molar refractivity (Wildman–Crippen MR) is 73.4 cm³/mol. The normalized spacial score (nSPS) is 10.8. The number of nitro groups is 1. The zero-order valence-electron chi connectivity index (χ0n) is 11.4. The van der Waals surface area contributed by atoms with Gasteiger partial charge in [-0.25, -0.2) is 0 Å². The Morgan fingerprint density at radius 2 is 1.95 bits per heavy atom. The lowest BCUT2D eigenvalue weighted by atomic mass is 10.0. The van der Waals surface area contributed by atoms with Crippen LogP contribution < -0.4 is 16.4 Å². The van der Waals surface area contributed by atoms with Crippen LogP contribution in [0.15, 0.2) is 18.2 Å². The van der Waals surface area contributed by atoms with Gasteiger partial charge < -0.3 is 16.4 Å². The van der Waals surface area contributed by atoms with Gasteiger partial charge in [0.2, 0.25) is 5.91 Å². The third kappa shape index (κ3) is 3.22. The number of nitro benzene ring substituents is 1. The summed E-state index contributed by atoms with van der Waals surface area (Å²) in [4.78, 5) is 33.4. The molecule has 0 spiro atoms. The van der Waals surface area contributed by atoms with E-state index in [-0.39, 0.29) is 11.3 Å². The molecule has 108 valence electrons. The summed E-state index contributed by atoms with van der Waals surface area (Å²) >= 11 is 0. The van der Waals surface area contributed by atoms with E-state index in [0.717, 1.165) is 6.07 Å². The van der Waals surface area contributed by atoms with E-state index < -0.39 is 22.3 Å². The van der Waals surface area contributed by atoms with Crippen LogP contribution in [0.5, 0.6) is 0 Å². The average molecular weight is 280 g/mol. The van der Waals surface area contributed by atoms with E-state index in [2.05, 4.69) is 10.6 Å². The molecular formula is C12H16N4O4. The Bertz CT molecular complexity index is 569. The van der Waals surface area contributed by atoms with Crippen LogP contribution in [0, 0.1) is 10.1 Å². The predicted octanol–water partition coefficient (Wildman–Crippen LogP) is 0.630. The molecule has 8 heteroatoms. The average Bonchev–Trinajstić information content (AvgIpc) is 2.37. The minimum Gasteiger partial charge on any atom is -0.383 e. The molecule has 1 rings (SSSR count). The van der Waals surface area contributed by atoms with Gasteiger partial charge in [0, 0.05) is 18.7 Å². The first-order chi connectivity index (χ1) is 9.19. The Balaban J connectivity index is 3.09. The molecule has 1 aromatic carbocycles. The van der Waals surface area contributed by atoms with E-state index >= 15 is 0 Å². The van der Waals surface area contributed by atoms with Crippen LogP contribution in [0.25, 0.3) is 0 Å². The summed E-state index contributed by atoms with van der Waals surface area (Å²) < 4.78 is 0. The number of rotatable bonds is 5. The van der Waals surface area contributed by atoms with E-state index in [1.165, 1.54) is 33.0 Å². The van der Waals surface area contributed by atoms with Crippen LogP contribution in [-0.2, 0) is 4.79 Å². The second-order valence-electron chi connectivity index (χ2n) is 4.68. The van der Waals surface area contributed by atoms with Crippen molar-refractivity contribution in [2.45, 2.75) is 19.4 Å². The quantitative estimate of drug-likeness (QED) is 0.538. The van der Waals surface area contributed by atoms with E-state index in [1.54, 1.807) is 0 Å². The molecule has 0 aliphatic rings. The Hall–Kier alpha value is -2.64. The molecule has 0 radical (unpaired) electrons. The van der Waals surface area contributed by atoms with Gasteiger partial charge in [-0.1, -0.05) is 0 Å². The van der Waals surface area contributed by atoms with Gasteiger partial charge in [-0.2, -0.15) is 0 Å². The number of nitrogens with two attached hydrogens (primary N) is 1. The Morgan fingerprint density at radius 3 is 2.40 bits per heavy atom. The van der Waals surface area contributed by atoms with Crippen molar-refractivity contribution in [3.05, 3.63) is 33.9 Å². The number of carbonyl (C=O) groups excluding carboxylic acids is 2. The van der Waals surface area contributed by atoms with E-state index in [0.29, 0.717) is 5.69 Å². The molecule has 0 heterocycles. The zero-order valence-corrected chi connectivity index (χ0v) is 11.4. The third-order valence-corrected chi connectivity index (χ3v) is 2.77. The summed E-state index contributed by atoms with van der Waals surface area (Å²) in [5.41, 5.74) is 4.05. The summed E-state index contributed by atoms with van der Waals surface area (Å²) in [5.74, 6) is -1.31. The topological polar surface area (TPSA) is 127 Å². The second-order valence-corrected chi connectivity index (χ2v) is 4.68. The van der Waals surface area contributed by atoms with Gasteiger partial charge in [0.1, 0.15) is 11.2 Å². The Kier molecular flexibility index (Phi) is 4.28. The fourth-order valence-electron chi connectivity index (χ4n) is 1.45. The molecule has 0 saturated carbocycles. The molecule has 0 bridgehead atoms. The number of primary amides is 1. The summed E-state index contributed by atoms with van der Waals surface area (Å²) in [6.45, 7) is 2.90. The lowest BCUT2D eigenvalue weighted by Crippen LogP contribution is -2.53. The molecule has 2 amide bonds. The minimum atomic E-state index is -1.24. The highest BCUT2D eigenvalue weighted by Crippen LogP contribution is 2.25. The SMILES string of the molecule is CNc1ccc(C(=O)NC(C)(C)C(N)=O)cc1[N+](=O)[O-]. The molecule has 4 N–H and O–H groups in total. The van der Waals surface area contributed by atoms with Crippen LogP contribution in [0.3, 0.4) is 0 Å². The number of nitrogens with zero attached hydrogens (tertiary/aromatic N) is 1. The van der Waals surface area contributed by atoms with Crippen LogP contribution >= 0.6 is 0 Å². The van der Waals surface area contributed by atoms with Crippen LogP contribution in [0.1, 0.15) is 24.2 Å². The molecule has 0 aromatic heterocycles. The number of anilines is 1. The van der Waals surface area contributed by atoms with Crippen LogP contribution in [0.2, 0.25) is 0 Å². The molecule has 0 aliphatic carbocycles. The molecule has 8 nitrogen and oxygen atoms in total. The summed E-state index contributed by atoms with van der Waals surface area (Å²) in [7, 11) is 1.54. The van der Waals surface area contributed by atoms with Crippen molar-refractivity contribution in [3.8, 4) is 0 Å². The molecular weight excluding hydrogens is 264 g/mol. The van der Waals surface area contributed by atoms with Gasteiger partial charge in [0.25, 0.3) is 11.6 Å². The number of nitrogens with one attached hydrogen (secondary N) is 2. The van der Waals surface area contributed by atoms with Crippen LogP contribution in [0.4, 0.5) is 11.4 Å². The highest BCUT2D eigenvalue weighted by Gasteiger charge is 2.28. The van der Waals surface area contributed by atoms with Gasteiger partial charge in [0.15, 0.2) is 0 Å². The second kappa shape index (κ2) is 5.55. The molecule has 20 heavy (non-hydrogen) atoms. The van der Waals surface area contributed by atoms with Crippen molar-refractivity contribution >= 4 is 23.2 Å². The molecule has 0 fully saturated rings. The maximum absolute atomic E-state index is 12.0. The van der Waals surface area contributed by atoms with Crippen molar-refractivity contribution < 1.29 is 14.5 Å². The lowest BCUT2D eigenvalue weighted by Gasteiger charge is -2.22. The molecule has 0 aliphatic heterocycles. The number of carbonyl (C=O) groups is 2. The summed E-state index contributed by atoms with van der Waals surface area (Å²) in [6.07, 6.45) is 0. The van der Waals surface area contributed by atoms with Crippen molar-refractivity contribution in [2.24, 2.45) is 5.73 Å². The first-order valence-electron chi connectivity index (χ1n) is 5.77. The first kappa shape index (κ1) is 15.4. The highest BCUT2D eigenvalue weighted by molar-refractivity contribution is 5.99. The molecule has 0 unspecified atom stereocenters. The van der Waals surface area contributed by atoms with Gasteiger partial charge in [-0.15, -0.1) is 0 Å². The van der Waals surface area contributed by atoms with E-state index in [4.69, 9.17) is 5.73 Å². The standard InChI is InChI=1S/C12H16N4O4/c1-12(2,11(13)18)15-10(17)7-4-5-8(14-3)9(6-7)16(19)20/h4-6,14H,1-3H3,(H2,13,18)(H,15,17). The third-order valence-electron chi connectivity index (χ3n) is 2.77. The van der Waals surface area contributed by atoms with Crippen molar-refractivity contribution in [1.82, 2.24) is 5.32 Å². The number of hydrogen-bond acceptors (Lipinski definition) is 5. The lowest BCUT2D eigenvalue weighted by molar-refractivity contribution is -0.384. The number of amides is 2. The monoisotopic (exact) mass is 280 g/mol.